The third-order valence-corrected chi connectivity index (χ3v) is 6.19. The van der Waals surface area contributed by atoms with E-state index in [1.54, 1.807) is 19.1 Å². The molecule has 4 aromatic rings. The zero-order valence-electron chi connectivity index (χ0n) is 24.5. The molecule has 0 saturated carbocycles. The number of ether oxygens (including phenoxy) is 2. The molecule has 0 atom stereocenters. The van der Waals surface area contributed by atoms with E-state index in [2.05, 4.69) is 15.8 Å². The molecule has 0 fully saturated rings. The van der Waals surface area contributed by atoms with Gasteiger partial charge in [-0.25, -0.2) is 10.2 Å². The first kappa shape index (κ1) is 33.6. The first-order valence-electron chi connectivity index (χ1n) is 13.8. The molecular weight excluding hydrogens is 621 g/mol. The van der Waals surface area contributed by atoms with Crippen molar-refractivity contribution < 1.29 is 42.0 Å². The molecule has 0 unspecified atom stereocenters. The third-order valence-electron chi connectivity index (χ3n) is 6.19. The van der Waals surface area contributed by atoms with Gasteiger partial charge in [-0.05, 0) is 78.7 Å². The highest BCUT2D eigenvalue weighted by atomic mass is 19.4. The van der Waals surface area contributed by atoms with Crippen molar-refractivity contribution in [1.82, 2.24) is 5.43 Å². The first-order valence-corrected chi connectivity index (χ1v) is 13.8. The maximum atomic E-state index is 13.0. The Labute approximate surface area is 265 Å². The Hall–Kier alpha value is -6.31. The van der Waals surface area contributed by atoms with Crippen LogP contribution in [-0.2, 0) is 11.0 Å². The predicted octanol–water partition coefficient (Wildman–Crippen LogP) is 6.65. The summed E-state index contributed by atoms with van der Waals surface area (Å²) in [6, 6.07) is 19.9. The number of hydrogen-bond acceptors (Lipinski definition) is 8. The summed E-state index contributed by atoms with van der Waals surface area (Å²) in [5.74, 6) is -1.86. The van der Waals surface area contributed by atoms with Gasteiger partial charge in [-0.2, -0.15) is 18.3 Å². The van der Waals surface area contributed by atoms with Gasteiger partial charge in [-0.15, -0.1) is 0 Å². The van der Waals surface area contributed by atoms with E-state index in [-0.39, 0.29) is 40.6 Å². The van der Waals surface area contributed by atoms with Crippen LogP contribution in [0.4, 0.5) is 24.5 Å². The van der Waals surface area contributed by atoms with Crippen LogP contribution < -0.4 is 20.2 Å². The van der Waals surface area contributed by atoms with E-state index in [0.717, 1.165) is 24.3 Å². The van der Waals surface area contributed by atoms with Crippen LogP contribution in [0.5, 0.6) is 11.5 Å². The third kappa shape index (κ3) is 9.59. The molecule has 0 saturated heterocycles. The number of amides is 2. The number of carbonyl (C=O) groups excluding carboxylic acids is 3. The van der Waals surface area contributed by atoms with Crippen LogP contribution in [0, 0.1) is 10.1 Å². The molecule has 0 aromatic heterocycles. The number of anilines is 1. The number of esters is 1. The monoisotopic (exact) mass is 646 g/mol. The lowest BCUT2D eigenvalue weighted by Crippen LogP contribution is -2.18. The fourth-order valence-electron chi connectivity index (χ4n) is 4.01. The minimum atomic E-state index is -4.61. The molecule has 0 aliphatic heterocycles. The summed E-state index contributed by atoms with van der Waals surface area (Å²) in [5, 5.41) is 17.3. The van der Waals surface area contributed by atoms with Crippen molar-refractivity contribution >= 4 is 41.4 Å². The zero-order valence-corrected chi connectivity index (χ0v) is 24.5. The Morgan fingerprint density at radius 2 is 1.60 bits per heavy atom. The maximum absolute atomic E-state index is 13.0. The van der Waals surface area contributed by atoms with E-state index >= 15 is 0 Å². The van der Waals surface area contributed by atoms with E-state index < -0.39 is 34.4 Å². The molecule has 240 valence electrons. The van der Waals surface area contributed by atoms with Gasteiger partial charge < -0.3 is 14.8 Å². The van der Waals surface area contributed by atoms with Gasteiger partial charge in [0, 0.05) is 35.0 Å². The van der Waals surface area contributed by atoms with Gasteiger partial charge in [0.2, 0.25) is 0 Å². The first-order chi connectivity index (χ1) is 22.4. The number of halogens is 3. The molecule has 2 N–H and O–H groups in total. The molecular formula is C33H25F3N4O7. The number of nitro groups is 1. The molecule has 4 aromatic carbocycles. The Morgan fingerprint density at radius 1 is 0.872 bits per heavy atom. The van der Waals surface area contributed by atoms with Crippen molar-refractivity contribution in [2.75, 3.05) is 11.9 Å². The van der Waals surface area contributed by atoms with Gasteiger partial charge >= 0.3 is 12.1 Å². The Kier molecular flexibility index (Phi) is 10.8. The number of rotatable bonds is 11. The second-order valence-corrected chi connectivity index (χ2v) is 9.56. The lowest BCUT2D eigenvalue weighted by atomic mass is 10.1. The predicted molar refractivity (Wildman–Crippen MR) is 166 cm³/mol. The van der Waals surface area contributed by atoms with Crippen LogP contribution in [0.2, 0.25) is 0 Å². The summed E-state index contributed by atoms with van der Waals surface area (Å²) in [6.45, 7) is 1.97. The Balaban J connectivity index is 1.37. The molecule has 0 bridgehead atoms. The minimum Gasteiger partial charge on any atom is -0.490 e. The molecule has 4 rings (SSSR count). The van der Waals surface area contributed by atoms with Gasteiger partial charge in [0.15, 0.2) is 11.5 Å². The number of hydrogen-bond donors (Lipinski definition) is 2. The molecule has 0 heterocycles. The van der Waals surface area contributed by atoms with Gasteiger partial charge in [0.1, 0.15) is 0 Å². The number of carbonyl (C=O) groups is 3. The number of hydrazone groups is 1. The second-order valence-electron chi connectivity index (χ2n) is 9.56. The number of alkyl halides is 3. The average Bonchev–Trinajstić information content (AvgIpc) is 3.05. The highest BCUT2D eigenvalue weighted by Gasteiger charge is 2.31. The van der Waals surface area contributed by atoms with E-state index in [0.29, 0.717) is 11.1 Å². The number of benzene rings is 4. The quantitative estimate of drug-likeness (QED) is 0.0463. The Morgan fingerprint density at radius 3 is 2.32 bits per heavy atom. The topological polar surface area (TPSA) is 149 Å². The summed E-state index contributed by atoms with van der Waals surface area (Å²) < 4.78 is 49.9. The zero-order chi connectivity index (χ0) is 34.0. The molecule has 0 aliphatic rings. The summed E-state index contributed by atoms with van der Waals surface area (Å²) in [4.78, 5) is 48.0. The molecule has 2 amide bonds. The van der Waals surface area contributed by atoms with Gasteiger partial charge in [0.25, 0.3) is 17.5 Å². The van der Waals surface area contributed by atoms with Crippen molar-refractivity contribution in [2.45, 2.75) is 13.1 Å². The minimum absolute atomic E-state index is 0.103. The molecule has 14 heteroatoms. The summed E-state index contributed by atoms with van der Waals surface area (Å²) in [6.07, 6.45) is -0.803. The van der Waals surface area contributed by atoms with Crippen LogP contribution in [0.1, 0.15) is 44.3 Å². The normalized spacial score (nSPS) is 11.3. The molecule has 0 spiro atoms. The average molecular weight is 647 g/mol. The maximum Gasteiger partial charge on any atom is 0.416 e. The van der Waals surface area contributed by atoms with E-state index in [4.69, 9.17) is 9.47 Å². The van der Waals surface area contributed by atoms with Crippen LogP contribution in [0.15, 0.2) is 102 Å². The van der Waals surface area contributed by atoms with E-state index in [1.165, 1.54) is 73.0 Å². The van der Waals surface area contributed by atoms with E-state index in [9.17, 15) is 37.7 Å². The number of nitro benzene ring substituents is 1. The fraction of sp³-hybridized carbons (Fsp3) is 0.0909. The van der Waals surface area contributed by atoms with Crippen molar-refractivity contribution in [1.29, 1.82) is 0 Å². The van der Waals surface area contributed by atoms with Crippen molar-refractivity contribution in [3.63, 3.8) is 0 Å². The van der Waals surface area contributed by atoms with Crippen LogP contribution in [0.3, 0.4) is 0 Å². The SMILES string of the molecule is CCOc1cc(C=NNC(=O)c2cccc(NC(=O)c3cccc(C(F)(F)F)c3)c2)ccc1OC(=O)/C=C/c1cccc([N+](=O)[O-])c1. The standard InChI is InChI=1S/C33H25F3N4O7/c1-2-46-29-17-22(12-14-28(29)47-30(41)15-13-21-6-3-11-27(16-21)40(44)45)20-37-39-32(43)24-8-5-10-26(19-24)38-31(42)23-7-4-9-25(18-23)33(34,35)36/h3-20H,2H2,1H3,(H,38,42)(H,39,43)/b15-13+,37-20?. The van der Waals surface area contributed by atoms with Gasteiger partial charge in [0.05, 0.1) is 23.3 Å². The van der Waals surface area contributed by atoms with Crippen molar-refractivity contribution in [2.24, 2.45) is 5.10 Å². The Bertz CT molecular complexity index is 1870. The molecule has 47 heavy (non-hydrogen) atoms. The highest BCUT2D eigenvalue weighted by Crippen LogP contribution is 2.30. The van der Waals surface area contributed by atoms with Gasteiger partial charge in [-0.3, -0.25) is 19.7 Å². The van der Waals surface area contributed by atoms with Crippen LogP contribution >= 0.6 is 0 Å². The summed E-state index contributed by atoms with van der Waals surface area (Å²) in [5.41, 5.74) is 2.24. The molecule has 0 radical (unpaired) electrons. The number of nitrogens with zero attached hydrogens (tertiary/aromatic N) is 2. The largest absolute Gasteiger partial charge is 0.490 e. The van der Waals surface area contributed by atoms with Crippen LogP contribution in [0.25, 0.3) is 6.08 Å². The van der Waals surface area contributed by atoms with Crippen LogP contribution in [-0.4, -0.2) is 35.5 Å². The number of nitrogens with one attached hydrogen (secondary N) is 2. The smallest absolute Gasteiger partial charge is 0.416 e. The van der Waals surface area contributed by atoms with E-state index in [1.807, 2.05) is 0 Å². The van der Waals surface area contributed by atoms with Gasteiger partial charge in [-0.1, -0.05) is 24.3 Å². The molecule has 0 aliphatic carbocycles. The molecule has 11 nitrogen and oxygen atoms in total. The van der Waals surface area contributed by atoms with Crippen molar-refractivity contribution in [3.8, 4) is 11.5 Å². The highest BCUT2D eigenvalue weighted by molar-refractivity contribution is 6.05. The summed E-state index contributed by atoms with van der Waals surface area (Å²) in [7, 11) is 0. The second kappa shape index (κ2) is 15.1. The lowest BCUT2D eigenvalue weighted by Gasteiger charge is -2.10. The number of non-ortho nitro benzene ring substituents is 1. The summed E-state index contributed by atoms with van der Waals surface area (Å²) >= 11 is 0. The fourth-order valence-corrected chi connectivity index (χ4v) is 4.01. The lowest BCUT2D eigenvalue weighted by molar-refractivity contribution is -0.384. The van der Waals surface area contributed by atoms with Crippen molar-refractivity contribution in [3.05, 3.63) is 135 Å².